The van der Waals surface area contributed by atoms with Crippen LogP contribution in [0.25, 0.3) is 0 Å². The van der Waals surface area contributed by atoms with Gasteiger partial charge in [0, 0.05) is 18.7 Å². The summed E-state index contributed by atoms with van der Waals surface area (Å²) in [7, 11) is 0. The lowest BCUT2D eigenvalue weighted by atomic mass is 10.1. The van der Waals surface area contributed by atoms with Crippen molar-refractivity contribution in [2.45, 2.75) is 13.0 Å². The second kappa shape index (κ2) is 5.35. The molecule has 0 aliphatic heterocycles. The second-order valence-corrected chi connectivity index (χ2v) is 3.48. The third-order valence-corrected chi connectivity index (χ3v) is 1.96. The molecule has 0 heterocycles. The lowest BCUT2D eigenvalue weighted by Crippen LogP contribution is -2.31. The van der Waals surface area contributed by atoms with E-state index in [9.17, 15) is 19.3 Å². The average Bonchev–Trinajstić information content (AvgIpc) is 2.26. The molecule has 0 aromatic heterocycles. The van der Waals surface area contributed by atoms with Crippen LogP contribution < -0.4 is 5.32 Å². The third-order valence-electron chi connectivity index (χ3n) is 1.96. The first-order valence-corrected chi connectivity index (χ1v) is 4.82. The van der Waals surface area contributed by atoms with Crippen LogP contribution in [-0.4, -0.2) is 28.6 Å². The summed E-state index contributed by atoms with van der Waals surface area (Å²) in [6.45, 7) is 1.39. The number of aliphatic hydroxyl groups is 1. The van der Waals surface area contributed by atoms with Gasteiger partial charge in [0.05, 0.1) is 16.6 Å². The smallest absolute Gasteiger partial charge is 0.270 e. The Kier molecular flexibility index (Phi) is 4.11. The van der Waals surface area contributed by atoms with Crippen molar-refractivity contribution in [2.24, 2.45) is 0 Å². The number of non-ortho nitro benzene ring substituents is 1. The van der Waals surface area contributed by atoms with Gasteiger partial charge in [0.25, 0.3) is 11.6 Å². The van der Waals surface area contributed by atoms with Gasteiger partial charge in [-0.15, -0.1) is 0 Å². The zero-order chi connectivity index (χ0) is 13.0. The highest BCUT2D eigenvalue weighted by Gasteiger charge is 2.16. The van der Waals surface area contributed by atoms with E-state index >= 15 is 0 Å². The van der Waals surface area contributed by atoms with Crippen molar-refractivity contribution in [1.29, 1.82) is 0 Å². The Morgan fingerprint density at radius 2 is 2.29 bits per heavy atom. The van der Waals surface area contributed by atoms with Crippen LogP contribution in [0.3, 0.4) is 0 Å². The van der Waals surface area contributed by atoms with Gasteiger partial charge in [0.2, 0.25) is 0 Å². The average molecular weight is 242 g/mol. The maximum atomic E-state index is 13.3. The summed E-state index contributed by atoms with van der Waals surface area (Å²) < 4.78 is 13.3. The fraction of sp³-hybridized carbons (Fsp3) is 0.300. The molecule has 17 heavy (non-hydrogen) atoms. The number of hydrogen-bond acceptors (Lipinski definition) is 4. The van der Waals surface area contributed by atoms with Crippen LogP contribution in [-0.2, 0) is 0 Å². The van der Waals surface area contributed by atoms with Crippen molar-refractivity contribution >= 4 is 11.6 Å². The quantitative estimate of drug-likeness (QED) is 0.604. The second-order valence-electron chi connectivity index (χ2n) is 3.48. The summed E-state index contributed by atoms with van der Waals surface area (Å²) in [4.78, 5) is 21.2. The maximum Gasteiger partial charge on any atom is 0.270 e. The fourth-order valence-corrected chi connectivity index (χ4v) is 1.14. The number of halogens is 1. The van der Waals surface area contributed by atoms with E-state index in [1.54, 1.807) is 0 Å². The molecule has 7 heteroatoms. The standard InChI is InChI=1S/C10H11FN2O4/c1-6(14)5-12-10(15)8-4-7(13(16)17)2-3-9(8)11/h2-4,6,14H,5H2,1H3,(H,12,15)/t6-/m0/s1. The Hall–Kier alpha value is -2.02. The van der Waals surface area contributed by atoms with Crippen molar-refractivity contribution in [3.05, 3.63) is 39.7 Å². The molecule has 2 N–H and O–H groups in total. The Balaban J connectivity index is 2.92. The van der Waals surface area contributed by atoms with Gasteiger partial charge in [-0.25, -0.2) is 4.39 Å². The molecule has 0 unspecified atom stereocenters. The number of carbonyl (C=O) groups excluding carboxylic acids is 1. The number of nitro benzene ring substituents is 1. The highest BCUT2D eigenvalue weighted by molar-refractivity contribution is 5.95. The predicted molar refractivity (Wildman–Crippen MR) is 57.1 cm³/mol. The summed E-state index contributed by atoms with van der Waals surface area (Å²) >= 11 is 0. The number of rotatable bonds is 4. The van der Waals surface area contributed by atoms with Crippen molar-refractivity contribution < 1.29 is 19.2 Å². The van der Waals surface area contributed by atoms with E-state index in [2.05, 4.69) is 5.32 Å². The lowest BCUT2D eigenvalue weighted by molar-refractivity contribution is -0.384. The molecule has 0 spiro atoms. The van der Waals surface area contributed by atoms with Crippen LogP contribution in [0.15, 0.2) is 18.2 Å². The Bertz CT molecular complexity index is 448. The van der Waals surface area contributed by atoms with E-state index in [0.717, 1.165) is 18.2 Å². The van der Waals surface area contributed by atoms with E-state index < -0.39 is 28.3 Å². The van der Waals surface area contributed by atoms with Crippen molar-refractivity contribution in [3.8, 4) is 0 Å². The Labute approximate surface area is 96.2 Å². The molecular weight excluding hydrogens is 231 g/mol. The van der Waals surface area contributed by atoms with Gasteiger partial charge in [0.1, 0.15) is 5.82 Å². The monoisotopic (exact) mass is 242 g/mol. The predicted octanol–water partition coefficient (Wildman–Crippen LogP) is 0.845. The van der Waals surface area contributed by atoms with Gasteiger partial charge >= 0.3 is 0 Å². The minimum atomic E-state index is -0.848. The highest BCUT2D eigenvalue weighted by atomic mass is 19.1. The molecule has 92 valence electrons. The van der Waals surface area contributed by atoms with Crippen molar-refractivity contribution in [1.82, 2.24) is 5.32 Å². The van der Waals surface area contributed by atoms with Crippen molar-refractivity contribution in [2.75, 3.05) is 6.54 Å². The Morgan fingerprint density at radius 1 is 1.65 bits per heavy atom. The number of nitrogens with zero attached hydrogens (tertiary/aromatic N) is 1. The molecule has 0 saturated carbocycles. The van der Waals surface area contributed by atoms with Crippen LogP contribution in [0.5, 0.6) is 0 Å². The minimum Gasteiger partial charge on any atom is -0.392 e. The zero-order valence-electron chi connectivity index (χ0n) is 9.01. The van der Waals surface area contributed by atoms with E-state index in [0.29, 0.717) is 0 Å². The molecule has 6 nitrogen and oxygen atoms in total. The number of nitro groups is 1. The first kappa shape index (κ1) is 13.0. The number of amides is 1. The van der Waals surface area contributed by atoms with Crippen LogP contribution in [0.4, 0.5) is 10.1 Å². The third kappa shape index (κ3) is 3.49. The van der Waals surface area contributed by atoms with Crippen molar-refractivity contribution in [3.63, 3.8) is 0 Å². The first-order chi connectivity index (χ1) is 7.91. The summed E-state index contributed by atoms with van der Waals surface area (Å²) in [6, 6.07) is 2.68. The van der Waals surface area contributed by atoms with Gasteiger partial charge in [-0.1, -0.05) is 0 Å². The van der Waals surface area contributed by atoms with Crippen LogP contribution in [0.2, 0.25) is 0 Å². The van der Waals surface area contributed by atoms with Gasteiger partial charge < -0.3 is 10.4 Å². The molecule has 0 saturated heterocycles. The molecule has 0 bridgehead atoms. The summed E-state index contributed by atoms with van der Waals surface area (Å²) in [5, 5.41) is 21.7. The molecule has 0 radical (unpaired) electrons. The molecule has 1 aromatic carbocycles. The Morgan fingerprint density at radius 3 is 2.82 bits per heavy atom. The molecule has 0 fully saturated rings. The first-order valence-electron chi connectivity index (χ1n) is 4.82. The number of carbonyl (C=O) groups is 1. The highest BCUT2D eigenvalue weighted by Crippen LogP contribution is 2.16. The van der Waals surface area contributed by atoms with Gasteiger partial charge in [-0.2, -0.15) is 0 Å². The van der Waals surface area contributed by atoms with Crippen LogP contribution in [0, 0.1) is 15.9 Å². The molecule has 1 amide bonds. The summed E-state index contributed by atoms with van der Waals surface area (Å²) in [6.07, 6.45) is -0.777. The number of aliphatic hydroxyl groups excluding tert-OH is 1. The molecule has 1 atom stereocenters. The fourth-order valence-electron chi connectivity index (χ4n) is 1.14. The summed E-state index contributed by atoms with van der Waals surface area (Å²) in [5.41, 5.74) is -0.784. The molecular formula is C10H11FN2O4. The van der Waals surface area contributed by atoms with Crippen LogP contribution in [0.1, 0.15) is 17.3 Å². The summed E-state index contributed by atoms with van der Waals surface area (Å²) in [5.74, 6) is -1.65. The molecule has 1 rings (SSSR count). The van der Waals surface area contributed by atoms with E-state index in [1.807, 2.05) is 0 Å². The van der Waals surface area contributed by atoms with E-state index in [-0.39, 0.29) is 12.2 Å². The maximum absolute atomic E-state index is 13.3. The topological polar surface area (TPSA) is 92.5 Å². The number of benzene rings is 1. The van der Waals surface area contributed by atoms with E-state index in [4.69, 9.17) is 5.11 Å². The van der Waals surface area contributed by atoms with E-state index in [1.165, 1.54) is 6.92 Å². The number of nitrogens with one attached hydrogen (secondary N) is 1. The molecule has 0 aliphatic rings. The van der Waals surface area contributed by atoms with Gasteiger partial charge in [0.15, 0.2) is 0 Å². The van der Waals surface area contributed by atoms with Crippen LogP contribution >= 0.6 is 0 Å². The zero-order valence-corrected chi connectivity index (χ0v) is 9.01. The SMILES string of the molecule is C[C@H](O)CNC(=O)c1cc([N+](=O)[O-])ccc1F. The normalized spacial score (nSPS) is 11.9. The van der Waals surface area contributed by atoms with Gasteiger partial charge in [-0.3, -0.25) is 14.9 Å². The molecule has 0 aliphatic carbocycles. The number of hydrogen-bond donors (Lipinski definition) is 2. The minimum absolute atomic E-state index is 0.0546. The molecule has 1 aromatic rings. The van der Waals surface area contributed by atoms with Gasteiger partial charge in [-0.05, 0) is 13.0 Å². The largest absolute Gasteiger partial charge is 0.392 e. The lowest BCUT2D eigenvalue weighted by Gasteiger charge is -2.07.